The molecule has 5 heteroatoms. The molecule has 0 heterocycles. The minimum atomic E-state index is -0.0115. The van der Waals surface area contributed by atoms with Crippen LogP contribution < -0.4 is 11.1 Å². The van der Waals surface area contributed by atoms with Crippen molar-refractivity contribution >= 4 is 29.0 Å². The average molecular weight is 295 g/mol. The molecule has 1 aromatic rings. The van der Waals surface area contributed by atoms with Crippen LogP contribution in [0.3, 0.4) is 0 Å². The summed E-state index contributed by atoms with van der Waals surface area (Å²) in [5.41, 5.74) is 7.98. The van der Waals surface area contributed by atoms with Crippen molar-refractivity contribution in [2.75, 3.05) is 36.7 Å². The van der Waals surface area contributed by atoms with Gasteiger partial charge in [0.05, 0.1) is 5.56 Å². The van der Waals surface area contributed by atoms with Gasteiger partial charge in [-0.2, -0.15) is 11.8 Å². The van der Waals surface area contributed by atoms with Crippen molar-refractivity contribution in [1.29, 1.82) is 0 Å². The maximum Gasteiger partial charge on any atom is 0.255 e. The lowest BCUT2D eigenvalue weighted by atomic mass is 10.1. The molecule has 0 aromatic heterocycles. The Bertz CT molecular complexity index is 449. The zero-order valence-corrected chi connectivity index (χ0v) is 13.6. The van der Waals surface area contributed by atoms with Crippen molar-refractivity contribution in [2.24, 2.45) is 0 Å². The summed E-state index contributed by atoms with van der Waals surface area (Å²) in [6.45, 7) is 4.29. The molecule has 0 fully saturated rings. The van der Waals surface area contributed by atoms with Gasteiger partial charge in [0.25, 0.3) is 5.91 Å². The number of thioether (sulfide) groups is 1. The number of nitrogens with two attached hydrogens (primary N) is 1. The van der Waals surface area contributed by atoms with Gasteiger partial charge >= 0.3 is 0 Å². The number of hydrogen-bond donors (Lipinski definition) is 2. The van der Waals surface area contributed by atoms with Crippen LogP contribution in [0, 0.1) is 0 Å². The largest absolute Gasteiger partial charge is 0.399 e. The van der Waals surface area contributed by atoms with Crippen LogP contribution in [-0.2, 0) is 0 Å². The van der Waals surface area contributed by atoms with Crippen LogP contribution in [0.1, 0.15) is 30.6 Å². The highest BCUT2D eigenvalue weighted by molar-refractivity contribution is 7.99. The molecular weight excluding hydrogens is 270 g/mol. The Morgan fingerprint density at radius 3 is 2.75 bits per heavy atom. The second kappa shape index (κ2) is 8.04. The third-order valence-electron chi connectivity index (χ3n) is 2.98. The molecule has 0 spiro atoms. The predicted octanol–water partition coefficient (Wildman–Crippen LogP) is 2.91. The number of rotatable bonds is 7. The Hall–Kier alpha value is -1.36. The molecular formula is C15H25N3OS. The Morgan fingerprint density at radius 1 is 1.45 bits per heavy atom. The Morgan fingerprint density at radius 2 is 2.15 bits per heavy atom. The molecule has 0 saturated heterocycles. The number of anilines is 2. The smallest absolute Gasteiger partial charge is 0.255 e. The van der Waals surface area contributed by atoms with E-state index >= 15 is 0 Å². The zero-order valence-electron chi connectivity index (χ0n) is 12.8. The lowest BCUT2D eigenvalue weighted by Crippen LogP contribution is -2.25. The van der Waals surface area contributed by atoms with E-state index in [2.05, 4.69) is 19.2 Å². The Balaban J connectivity index is 2.81. The Kier molecular flexibility index (Phi) is 6.71. The molecule has 0 saturated carbocycles. The first-order valence-corrected chi connectivity index (χ1v) is 8.06. The maximum absolute atomic E-state index is 12.2. The zero-order chi connectivity index (χ0) is 15.1. The molecule has 0 aliphatic carbocycles. The first-order chi connectivity index (χ1) is 9.45. The first-order valence-electron chi connectivity index (χ1n) is 6.91. The lowest BCUT2D eigenvalue weighted by Gasteiger charge is -2.20. The third-order valence-corrected chi connectivity index (χ3v) is 3.91. The molecule has 0 aliphatic heterocycles. The van der Waals surface area contributed by atoms with E-state index in [9.17, 15) is 4.79 Å². The standard InChI is InChI=1S/C15H25N3OS/c1-5-20-9-8-11(2)17-14-10-12(16)6-7-13(14)15(19)18(3)4/h6-7,10-11,17H,5,8-9,16H2,1-4H3. The fourth-order valence-corrected chi connectivity index (χ4v) is 2.66. The van der Waals surface area contributed by atoms with Crippen LogP contribution in [0.15, 0.2) is 18.2 Å². The summed E-state index contributed by atoms with van der Waals surface area (Å²) in [4.78, 5) is 13.7. The number of carbonyl (C=O) groups is 1. The van der Waals surface area contributed by atoms with Gasteiger partial charge in [-0.05, 0) is 43.0 Å². The molecule has 0 aliphatic rings. The van der Waals surface area contributed by atoms with Crippen LogP contribution in [0.4, 0.5) is 11.4 Å². The van der Waals surface area contributed by atoms with Gasteiger partial charge in [-0.3, -0.25) is 4.79 Å². The van der Waals surface area contributed by atoms with Crippen molar-refractivity contribution in [1.82, 2.24) is 4.90 Å². The quantitative estimate of drug-likeness (QED) is 0.600. The first kappa shape index (κ1) is 16.7. The normalized spacial score (nSPS) is 12.0. The summed E-state index contributed by atoms with van der Waals surface area (Å²) in [7, 11) is 3.51. The highest BCUT2D eigenvalue weighted by atomic mass is 32.2. The van der Waals surface area contributed by atoms with Crippen LogP contribution in [-0.4, -0.2) is 42.4 Å². The molecule has 112 valence electrons. The highest BCUT2D eigenvalue weighted by Gasteiger charge is 2.15. The molecule has 20 heavy (non-hydrogen) atoms. The topological polar surface area (TPSA) is 58.4 Å². The van der Waals surface area contributed by atoms with Gasteiger partial charge < -0.3 is 16.0 Å². The second-order valence-electron chi connectivity index (χ2n) is 5.04. The number of nitrogens with one attached hydrogen (secondary N) is 1. The number of hydrogen-bond acceptors (Lipinski definition) is 4. The van der Waals surface area contributed by atoms with Crippen molar-refractivity contribution in [3.05, 3.63) is 23.8 Å². The summed E-state index contributed by atoms with van der Waals surface area (Å²) in [6, 6.07) is 5.69. The van der Waals surface area contributed by atoms with E-state index in [1.807, 2.05) is 17.8 Å². The van der Waals surface area contributed by atoms with Gasteiger partial charge in [0, 0.05) is 31.5 Å². The SMILES string of the molecule is CCSCCC(C)Nc1cc(N)ccc1C(=O)N(C)C. The molecule has 4 nitrogen and oxygen atoms in total. The molecule has 1 atom stereocenters. The van der Waals surface area contributed by atoms with Crippen LogP contribution in [0.2, 0.25) is 0 Å². The molecule has 1 unspecified atom stereocenters. The van der Waals surface area contributed by atoms with Gasteiger partial charge in [0.2, 0.25) is 0 Å². The average Bonchev–Trinajstić information content (AvgIpc) is 2.38. The second-order valence-corrected chi connectivity index (χ2v) is 6.43. The summed E-state index contributed by atoms with van der Waals surface area (Å²) >= 11 is 1.93. The van der Waals surface area contributed by atoms with Crippen molar-refractivity contribution in [3.8, 4) is 0 Å². The van der Waals surface area contributed by atoms with E-state index in [0.29, 0.717) is 17.3 Å². The molecule has 0 bridgehead atoms. The summed E-state index contributed by atoms with van der Waals surface area (Å²) < 4.78 is 0. The molecule has 1 amide bonds. The van der Waals surface area contributed by atoms with Gasteiger partial charge in [0.1, 0.15) is 0 Å². The van der Waals surface area contributed by atoms with E-state index in [-0.39, 0.29) is 5.91 Å². The van der Waals surface area contributed by atoms with E-state index < -0.39 is 0 Å². The summed E-state index contributed by atoms with van der Waals surface area (Å²) in [5.74, 6) is 2.24. The van der Waals surface area contributed by atoms with E-state index in [1.165, 1.54) is 0 Å². The number of nitrogen functional groups attached to an aromatic ring is 1. The van der Waals surface area contributed by atoms with Crippen LogP contribution in [0.5, 0.6) is 0 Å². The molecule has 0 radical (unpaired) electrons. The van der Waals surface area contributed by atoms with Crippen molar-refractivity contribution < 1.29 is 4.79 Å². The van der Waals surface area contributed by atoms with E-state index in [0.717, 1.165) is 23.6 Å². The van der Waals surface area contributed by atoms with Crippen molar-refractivity contribution in [3.63, 3.8) is 0 Å². The maximum atomic E-state index is 12.2. The summed E-state index contributed by atoms with van der Waals surface area (Å²) in [5, 5.41) is 3.41. The third kappa shape index (κ3) is 4.96. The van der Waals surface area contributed by atoms with Gasteiger partial charge in [-0.1, -0.05) is 6.92 Å². The van der Waals surface area contributed by atoms with Gasteiger partial charge in [-0.15, -0.1) is 0 Å². The number of benzene rings is 1. The minimum absolute atomic E-state index is 0.0115. The highest BCUT2D eigenvalue weighted by Crippen LogP contribution is 2.22. The molecule has 1 aromatic carbocycles. The van der Waals surface area contributed by atoms with E-state index in [4.69, 9.17) is 5.73 Å². The monoisotopic (exact) mass is 295 g/mol. The number of amides is 1. The fourth-order valence-electron chi connectivity index (χ4n) is 1.85. The molecule has 1 rings (SSSR count). The van der Waals surface area contributed by atoms with Gasteiger partial charge in [0.15, 0.2) is 0 Å². The van der Waals surface area contributed by atoms with Crippen LogP contribution >= 0.6 is 11.8 Å². The number of nitrogens with zero attached hydrogens (tertiary/aromatic N) is 1. The van der Waals surface area contributed by atoms with Crippen LogP contribution in [0.25, 0.3) is 0 Å². The Labute approximate surface area is 126 Å². The van der Waals surface area contributed by atoms with Gasteiger partial charge in [-0.25, -0.2) is 0 Å². The number of carbonyl (C=O) groups excluding carboxylic acids is 1. The summed E-state index contributed by atoms with van der Waals surface area (Å²) in [6.07, 6.45) is 1.06. The fraction of sp³-hybridized carbons (Fsp3) is 0.533. The predicted molar refractivity (Wildman–Crippen MR) is 89.6 cm³/mol. The molecule has 3 N–H and O–H groups in total. The lowest BCUT2D eigenvalue weighted by molar-refractivity contribution is 0.0828. The van der Waals surface area contributed by atoms with Crippen molar-refractivity contribution in [2.45, 2.75) is 26.3 Å². The van der Waals surface area contributed by atoms with E-state index in [1.54, 1.807) is 31.1 Å². The minimum Gasteiger partial charge on any atom is -0.399 e.